The van der Waals surface area contributed by atoms with Crippen LogP contribution in [-0.4, -0.2) is 84.0 Å². The minimum Gasteiger partial charge on any atom is -0.449 e. The van der Waals surface area contributed by atoms with Gasteiger partial charge in [0.1, 0.15) is 0 Å². The van der Waals surface area contributed by atoms with Gasteiger partial charge < -0.3 is 14.5 Å². The van der Waals surface area contributed by atoms with Crippen LogP contribution in [0.25, 0.3) is 0 Å². The molecule has 0 saturated carbocycles. The number of hydrazone groups is 1. The maximum Gasteiger partial charge on any atom is 0.411 e. The Morgan fingerprint density at radius 2 is 1.94 bits per heavy atom. The summed E-state index contributed by atoms with van der Waals surface area (Å²) in [5.41, 5.74) is 3.67. The third-order valence-corrected chi connectivity index (χ3v) is 6.96. The monoisotopic (exact) mass is 506 g/mol. The van der Waals surface area contributed by atoms with Crippen LogP contribution in [0.4, 0.5) is 15.3 Å². The van der Waals surface area contributed by atoms with Crippen molar-refractivity contribution < 1.29 is 14.3 Å². The summed E-state index contributed by atoms with van der Waals surface area (Å²) in [4.78, 5) is 29.4. The fourth-order valence-electron chi connectivity index (χ4n) is 4.00. The molecule has 2 aliphatic rings. The molecule has 36 heavy (non-hydrogen) atoms. The van der Waals surface area contributed by atoms with E-state index < -0.39 is 6.09 Å². The number of likely N-dealkylation sites (N-methyl/N-ethyl adjacent to an activating group) is 1. The molecule has 0 aromatic heterocycles. The molecule has 0 spiro atoms. The Kier molecular flexibility index (Phi) is 8.95. The zero-order valence-electron chi connectivity index (χ0n) is 20.4. The van der Waals surface area contributed by atoms with E-state index in [-0.39, 0.29) is 11.8 Å². The molecule has 2 aliphatic heterocycles. The number of amides is 2. The molecule has 2 aromatic carbocycles. The van der Waals surface area contributed by atoms with E-state index in [9.17, 15) is 9.59 Å². The molecular weight excluding hydrogens is 476 g/mol. The number of rotatable bonds is 8. The lowest BCUT2D eigenvalue weighted by Gasteiger charge is -2.32. The van der Waals surface area contributed by atoms with Crippen LogP contribution >= 0.6 is 11.8 Å². The molecule has 1 fully saturated rings. The quantitative estimate of drug-likeness (QED) is 0.543. The van der Waals surface area contributed by atoms with E-state index in [4.69, 9.17) is 10.00 Å². The van der Waals surface area contributed by atoms with Crippen molar-refractivity contribution in [3.05, 3.63) is 65.2 Å². The molecule has 0 radical (unpaired) electrons. The van der Waals surface area contributed by atoms with Crippen molar-refractivity contribution in [1.29, 1.82) is 5.26 Å². The van der Waals surface area contributed by atoms with Crippen LogP contribution in [0.5, 0.6) is 0 Å². The Bertz CT molecular complexity index is 1140. The molecule has 2 heterocycles. The Labute approximate surface area is 215 Å². The van der Waals surface area contributed by atoms with Crippen LogP contribution in [0.3, 0.4) is 0 Å². The number of ether oxygens (including phenoxy) is 1. The molecule has 0 aliphatic carbocycles. The number of hydrogen-bond donors (Lipinski definition) is 1. The first kappa shape index (κ1) is 25.7. The van der Waals surface area contributed by atoms with Crippen LogP contribution in [0.15, 0.2) is 53.6 Å². The first-order valence-corrected chi connectivity index (χ1v) is 12.9. The fraction of sp³-hybridized carbons (Fsp3) is 0.385. The summed E-state index contributed by atoms with van der Waals surface area (Å²) in [7, 11) is 2.13. The van der Waals surface area contributed by atoms with Gasteiger partial charge in [-0.15, -0.1) is 0 Å². The van der Waals surface area contributed by atoms with Crippen molar-refractivity contribution in [2.45, 2.75) is 13.0 Å². The highest BCUT2D eigenvalue weighted by Crippen LogP contribution is 2.23. The fourth-order valence-corrected chi connectivity index (χ4v) is 4.74. The van der Waals surface area contributed by atoms with Crippen LogP contribution in [-0.2, 0) is 11.3 Å². The highest BCUT2D eigenvalue weighted by Gasteiger charge is 2.22. The molecule has 4 rings (SSSR count). The lowest BCUT2D eigenvalue weighted by molar-refractivity contribution is 0.130. The van der Waals surface area contributed by atoms with Gasteiger partial charge >= 0.3 is 11.3 Å². The first-order valence-electron chi connectivity index (χ1n) is 12.0. The molecule has 0 bridgehead atoms. The number of hydrogen-bond acceptors (Lipinski definition) is 8. The Morgan fingerprint density at radius 1 is 1.17 bits per heavy atom. The van der Waals surface area contributed by atoms with Crippen LogP contribution in [0, 0.1) is 11.3 Å². The molecule has 0 unspecified atom stereocenters. The molecule has 2 amide bonds. The first-order chi connectivity index (χ1) is 17.5. The van der Waals surface area contributed by atoms with Crippen molar-refractivity contribution in [1.82, 2.24) is 14.8 Å². The minimum absolute atomic E-state index is 0.134. The predicted octanol–water partition coefficient (Wildman–Crippen LogP) is 3.82. The van der Waals surface area contributed by atoms with Gasteiger partial charge in [0.25, 0.3) is 0 Å². The third-order valence-electron chi connectivity index (χ3n) is 6.09. The normalized spacial score (nSPS) is 16.8. The van der Waals surface area contributed by atoms with E-state index >= 15 is 0 Å². The average Bonchev–Trinajstić information content (AvgIpc) is 2.89. The van der Waals surface area contributed by atoms with E-state index in [2.05, 4.69) is 33.3 Å². The molecule has 1 N–H and O–H groups in total. The van der Waals surface area contributed by atoms with Crippen LogP contribution in [0.1, 0.15) is 23.1 Å². The van der Waals surface area contributed by atoms with Gasteiger partial charge in [0, 0.05) is 44.2 Å². The van der Waals surface area contributed by atoms with E-state index in [1.54, 1.807) is 18.2 Å². The number of carbonyl (C=O) groups is 2. The second-order valence-corrected chi connectivity index (χ2v) is 9.73. The second kappa shape index (κ2) is 12.5. The molecule has 9 nitrogen and oxygen atoms in total. The summed E-state index contributed by atoms with van der Waals surface area (Å²) in [6.07, 6.45) is 0.308. The van der Waals surface area contributed by atoms with Gasteiger partial charge in [-0.2, -0.15) is 10.4 Å². The minimum atomic E-state index is -0.490. The van der Waals surface area contributed by atoms with Crippen LogP contribution < -0.4 is 5.32 Å². The van der Waals surface area contributed by atoms with Crippen molar-refractivity contribution in [2.75, 3.05) is 57.4 Å². The Morgan fingerprint density at radius 3 is 2.69 bits per heavy atom. The number of carbonyl (C=O) groups excluding carboxylic acids is 2. The van der Waals surface area contributed by atoms with E-state index in [1.807, 2.05) is 30.3 Å². The maximum atomic E-state index is 12.5. The molecule has 188 valence electrons. The number of nitrogens with one attached hydrogen (secondary N) is 1. The number of benzene rings is 2. The van der Waals surface area contributed by atoms with Crippen molar-refractivity contribution in [2.24, 2.45) is 5.10 Å². The summed E-state index contributed by atoms with van der Waals surface area (Å²) >= 11 is 1.19. The van der Waals surface area contributed by atoms with Gasteiger partial charge in [-0.1, -0.05) is 36.0 Å². The SMILES string of the molecule is CN1CCN(CCCOC(=O)Nc2cccc(CN3N=C(c4ccc(C#N)cc4)CSC3=O)c2)CC1. The highest BCUT2D eigenvalue weighted by molar-refractivity contribution is 8.14. The average molecular weight is 507 g/mol. The van der Waals surface area contributed by atoms with Crippen LogP contribution in [0.2, 0.25) is 0 Å². The smallest absolute Gasteiger partial charge is 0.411 e. The molecule has 2 aromatic rings. The number of anilines is 1. The number of nitriles is 1. The van der Waals surface area contributed by atoms with Crippen molar-refractivity contribution in [3.63, 3.8) is 0 Å². The zero-order chi connectivity index (χ0) is 25.3. The van der Waals surface area contributed by atoms with E-state index in [0.717, 1.165) is 56.0 Å². The van der Waals surface area contributed by atoms with Crippen molar-refractivity contribution in [3.8, 4) is 6.07 Å². The maximum absolute atomic E-state index is 12.5. The van der Waals surface area contributed by atoms with Crippen molar-refractivity contribution >= 4 is 34.5 Å². The molecule has 0 atom stereocenters. The largest absolute Gasteiger partial charge is 0.449 e. The molecule has 10 heteroatoms. The summed E-state index contributed by atoms with van der Waals surface area (Å²) in [6, 6.07) is 16.6. The lowest BCUT2D eigenvalue weighted by Crippen LogP contribution is -2.44. The Hall–Kier alpha value is -3.39. The summed E-state index contributed by atoms with van der Waals surface area (Å²) in [6.45, 7) is 5.80. The Balaban J connectivity index is 1.28. The summed E-state index contributed by atoms with van der Waals surface area (Å²) in [5.74, 6) is 0.476. The van der Waals surface area contributed by atoms with E-state index in [1.165, 1.54) is 16.8 Å². The zero-order valence-corrected chi connectivity index (χ0v) is 21.2. The summed E-state index contributed by atoms with van der Waals surface area (Å²) < 4.78 is 5.35. The highest BCUT2D eigenvalue weighted by atomic mass is 32.2. The standard InChI is InChI=1S/C26H30N6O3S/c1-30-11-13-31(14-12-30)10-3-15-35-25(33)28-23-5-2-4-21(16-23)18-32-26(34)36-19-24(29-32)22-8-6-20(17-27)7-9-22/h2,4-9,16H,3,10-15,18-19H2,1H3,(H,28,33). The van der Waals surface area contributed by atoms with Gasteiger partial charge in [-0.05, 0) is 48.9 Å². The third kappa shape index (κ3) is 7.31. The number of nitrogens with zero attached hydrogens (tertiary/aromatic N) is 5. The van der Waals surface area contributed by atoms with Gasteiger partial charge in [-0.25, -0.2) is 9.80 Å². The topological polar surface area (TPSA) is 101 Å². The van der Waals surface area contributed by atoms with Gasteiger partial charge in [0.2, 0.25) is 0 Å². The molecule has 1 saturated heterocycles. The van der Waals surface area contributed by atoms with Gasteiger partial charge in [0.05, 0.1) is 30.5 Å². The summed E-state index contributed by atoms with van der Waals surface area (Å²) in [5, 5.41) is 17.6. The second-order valence-electron chi connectivity index (χ2n) is 8.81. The number of piperazine rings is 1. The predicted molar refractivity (Wildman–Crippen MR) is 141 cm³/mol. The van der Waals surface area contributed by atoms with Gasteiger partial charge in [0.15, 0.2) is 0 Å². The molecular formula is C26H30N6O3S. The lowest BCUT2D eigenvalue weighted by atomic mass is 10.1. The van der Waals surface area contributed by atoms with Gasteiger partial charge in [-0.3, -0.25) is 10.1 Å². The van der Waals surface area contributed by atoms with E-state index in [0.29, 0.717) is 23.6 Å². The number of thioether (sulfide) groups is 1.